The number of anilines is 1. The van der Waals surface area contributed by atoms with Crippen LogP contribution in [0.3, 0.4) is 0 Å². The van der Waals surface area contributed by atoms with Gasteiger partial charge in [0.1, 0.15) is 5.75 Å². The Hall–Kier alpha value is -1.89. The van der Waals surface area contributed by atoms with Crippen molar-refractivity contribution < 1.29 is 9.66 Å². The van der Waals surface area contributed by atoms with Crippen LogP contribution in [0.5, 0.6) is 5.75 Å². The second kappa shape index (κ2) is 6.71. The van der Waals surface area contributed by atoms with Crippen molar-refractivity contribution in [1.82, 2.24) is 5.32 Å². The second-order valence-corrected chi connectivity index (χ2v) is 6.24. The lowest BCUT2D eigenvalue weighted by Gasteiger charge is -2.29. The second-order valence-electron chi connectivity index (χ2n) is 5.83. The average molecular weight is 311 g/mol. The predicted octanol–water partition coefficient (Wildman–Crippen LogP) is 3.32. The van der Waals surface area contributed by atoms with Crippen molar-refractivity contribution in [1.29, 1.82) is 0 Å². The van der Waals surface area contributed by atoms with Gasteiger partial charge in [0, 0.05) is 12.1 Å². The SMILES string of the molecule is COc1cc([N+](=O)[O-])ccc1NC(=S)NC(C)C(C)(C)C. The molecule has 1 atom stereocenters. The lowest BCUT2D eigenvalue weighted by Crippen LogP contribution is -2.43. The summed E-state index contributed by atoms with van der Waals surface area (Å²) in [6, 6.07) is 4.51. The molecule has 1 rings (SSSR count). The summed E-state index contributed by atoms with van der Waals surface area (Å²) in [6.45, 7) is 8.38. The summed E-state index contributed by atoms with van der Waals surface area (Å²) in [6.07, 6.45) is 0. The minimum atomic E-state index is -0.468. The van der Waals surface area contributed by atoms with Crippen LogP contribution in [0.4, 0.5) is 11.4 Å². The molecule has 0 aliphatic carbocycles. The van der Waals surface area contributed by atoms with E-state index in [0.29, 0.717) is 16.5 Å². The molecule has 0 aliphatic rings. The largest absolute Gasteiger partial charge is 0.494 e. The molecule has 7 heteroatoms. The molecule has 2 N–H and O–H groups in total. The number of hydrogen-bond acceptors (Lipinski definition) is 4. The molecule has 0 amide bonds. The Bertz CT molecular complexity index is 541. The summed E-state index contributed by atoms with van der Waals surface area (Å²) in [5.74, 6) is 0.372. The van der Waals surface area contributed by atoms with E-state index >= 15 is 0 Å². The van der Waals surface area contributed by atoms with Gasteiger partial charge in [-0.2, -0.15) is 0 Å². The van der Waals surface area contributed by atoms with Crippen LogP contribution in [0.2, 0.25) is 0 Å². The number of methoxy groups -OCH3 is 1. The Morgan fingerprint density at radius 2 is 2.05 bits per heavy atom. The van der Waals surface area contributed by atoms with Crippen molar-refractivity contribution in [3.05, 3.63) is 28.3 Å². The van der Waals surface area contributed by atoms with Crippen LogP contribution in [0.15, 0.2) is 18.2 Å². The van der Waals surface area contributed by atoms with Crippen molar-refractivity contribution in [3.8, 4) is 5.75 Å². The summed E-state index contributed by atoms with van der Waals surface area (Å²) in [5, 5.41) is 17.4. The molecule has 0 aromatic heterocycles. The Kier molecular flexibility index (Phi) is 5.48. The van der Waals surface area contributed by atoms with E-state index in [2.05, 4.69) is 31.4 Å². The molecule has 0 bridgehead atoms. The number of nitro benzene ring substituents is 1. The van der Waals surface area contributed by atoms with Crippen molar-refractivity contribution in [2.45, 2.75) is 33.7 Å². The standard InChI is InChI=1S/C14H21N3O3S/c1-9(14(2,3)4)15-13(21)16-11-7-6-10(17(18)19)8-12(11)20-5/h6-9H,1-5H3,(H2,15,16,21). The Morgan fingerprint density at radius 1 is 1.43 bits per heavy atom. The van der Waals surface area contributed by atoms with Gasteiger partial charge in [0.15, 0.2) is 5.11 Å². The number of rotatable bonds is 4. The number of nitrogens with one attached hydrogen (secondary N) is 2. The number of hydrogen-bond donors (Lipinski definition) is 2. The normalized spacial score (nSPS) is 12.4. The summed E-state index contributed by atoms with van der Waals surface area (Å²) in [4.78, 5) is 10.3. The first-order valence-corrected chi connectivity index (χ1v) is 6.96. The van der Waals surface area contributed by atoms with E-state index in [1.165, 1.54) is 19.2 Å². The summed E-state index contributed by atoms with van der Waals surface area (Å²) < 4.78 is 5.15. The molecule has 0 spiro atoms. The van der Waals surface area contributed by atoms with Crippen LogP contribution in [-0.4, -0.2) is 23.2 Å². The summed E-state index contributed by atoms with van der Waals surface area (Å²) in [5.41, 5.74) is 0.617. The third-order valence-corrected chi connectivity index (χ3v) is 3.51. The van der Waals surface area contributed by atoms with E-state index in [0.717, 1.165) is 0 Å². The maximum atomic E-state index is 10.7. The number of thiocarbonyl (C=S) groups is 1. The molecule has 0 heterocycles. The third-order valence-electron chi connectivity index (χ3n) is 3.29. The highest BCUT2D eigenvalue weighted by Gasteiger charge is 2.21. The van der Waals surface area contributed by atoms with Gasteiger partial charge in [-0.15, -0.1) is 0 Å². The number of nitro groups is 1. The molecular weight excluding hydrogens is 290 g/mol. The van der Waals surface area contributed by atoms with Gasteiger partial charge in [-0.1, -0.05) is 20.8 Å². The average Bonchev–Trinajstić information content (AvgIpc) is 2.37. The molecule has 1 unspecified atom stereocenters. The molecular formula is C14H21N3O3S. The van der Waals surface area contributed by atoms with E-state index in [4.69, 9.17) is 17.0 Å². The van der Waals surface area contributed by atoms with Crippen molar-refractivity contribution in [2.75, 3.05) is 12.4 Å². The first-order valence-electron chi connectivity index (χ1n) is 6.55. The zero-order valence-corrected chi connectivity index (χ0v) is 13.7. The zero-order valence-electron chi connectivity index (χ0n) is 12.9. The first kappa shape index (κ1) is 17.2. The Balaban J connectivity index is 2.83. The zero-order chi connectivity index (χ0) is 16.2. The Labute approximate surface area is 130 Å². The predicted molar refractivity (Wildman–Crippen MR) is 87.9 cm³/mol. The van der Waals surface area contributed by atoms with Gasteiger partial charge in [-0.3, -0.25) is 10.1 Å². The third kappa shape index (κ3) is 4.86. The van der Waals surface area contributed by atoms with Crippen LogP contribution < -0.4 is 15.4 Å². The number of ether oxygens (including phenoxy) is 1. The fraction of sp³-hybridized carbons (Fsp3) is 0.500. The van der Waals surface area contributed by atoms with E-state index in [1.807, 2.05) is 6.92 Å². The lowest BCUT2D eigenvalue weighted by molar-refractivity contribution is -0.384. The molecule has 21 heavy (non-hydrogen) atoms. The van der Waals surface area contributed by atoms with Gasteiger partial charge < -0.3 is 15.4 Å². The van der Waals surface area contributed by atoms with Crippen LogP contribution in [0.1, 0.15) is 27.7 Å². The quantitative estimate of drug-likeness (QED) is 0.504. The van der Waals surface area contributed by atoms with Crippen molar-refractivity contribution in [2.24, 2.45) is 5.41 Å². The maximum Gasteiger partial charge on any atom is 0.273 e. The van der Waals surface area contributed by atoms with Crippen LogP contribution in [-0.2, 0) is 0 Å². The molecule has 0 aliphatic heterocycles. The van der Waals surface area contributed by atoms with Crippen molar-refractivity contribution in [3.63, 3.8) is 0 Å². The Morgan fingerprint density at radius 3 is 2.52 bits per heavy atom. The van der Waals surface area contributed by atoms with Crippen LogP contribution >= 0.6 is 12.2 Å². The van der Waals surface area contributed by atoms with Gasteiger partial charge >= 0.3 is 0 Å². The topological polar surface area (TPSA) is 76.4 Å². The molecule has 1 aromatic rings. The fourth-order valence-corrected chi connectivity index (χ4v) is 1.76. The molecule has 0 fully saturated rings. The monoisotopic (exact) mass is 311 g/mol. The minimum Gasteiger partial charge on any atom is -0.494 e. The van der Waals surface area contributed by atoms with Crippen LogP contribution in [0.25, 0.3) is 0 Å². The highest BCUT2D eigenvalue weighted by Crippen LogP contribution is 2.29. The van der Waals surface area contributed by atoms with Gasteiger partial charge in [-0.25, -0.2) is 0 Å². The highest BCUT2D eigenvalue weighted by atomic mass is 32.1. The molecule has 0 radical (unpaired) electrons. The molecule has 6 nitrogen and oxygen atoms in total. The van der Waals surface area contributed by atoms with Crippen molar-refractivity contribution >= 4 is 28.7 Å². The van der Waals surface area contributed by atoms with Gasteiger partial charge in [0.05, 0.1) is 23.8 Å². The number of non-ortho nitro benzene ring substituents is 1. The first-order chi connectivity index (χ1) is 9.65. The van der Waals surface area contributed by atoms with E-state index in [-0.39, 0.29) is 17.1 Å². The van der Waals surface area contributed by atoms with Crippen LogP contribution in [0, 0.1) is 15.5 Å². The van der Waals surface area contributed by atoms with Gasteiger partial charge in [-0.05, 0) is 30.6 Å². The molecule has 116 valence electrons. The van der Waals surface area contributed by atoms with Gasteiger partial charge in [0.2, 0.25) is 0 Å². The molecule has 1 aromatic carbocycles. The van der Waals surface area contributed by atoms with E-state index in [9.17, 15) is 10.1 Å². The maximum absolute atomic E-state index is 10.7. The smallest absolute Gasteiger partial charge is 0.273 e. The fourth-order valence-electron chi connectivity index (χ4n) is 1.47. The minimum absolute atomic E-state index is 0.0284. The number of benzene rings is 1. The van der Waals surface area contributed by atoms with E-state index in [1.54, 1.807) is 6.07 Å². The molecule has 0 saturated heterocycles. The molecule has 0 saturated carbocycles. The summed E-state index contributed by atoms with van der Waals surface area (Å²) >= 11 is 5.26. The van der Waals surface area contributed by atoms with Gasteiger partial charge in [0.25, 0.3) is 5.69 Å². The lowest BCUT2D eigenvalue weighted by atomic mass is 9.88. The summed E-state index contributed by atoms with van der Waals surface area (Å²) in [7, 11) is 1.46. The highest BCUT2D eigenvalue weighted by molar-refractivity contribution is 7.80. The van der Waals surface area contributed by atoms with E-state index < -0.39 is 4.92 Å². The number of nitrogens with zero attached hydrogens (tertiary/aromatic N) is 1.